The van der Waals surface area contributed by atoms with Gasteiger partial charge in [-0.15, -0.1) is 0 Å². The molecule has 0 aliphatic heterocycles. The maximum absolute atomic E-state index is 4.34. The van der Waals surface area contributed by atoms with Gasteiger partial charge in [-0.1, -0.05) is 0 Å². The Morgan fingerprint density at radius 2 is 1.88 bits per heavy atom. The summed E-state index contributed by atoms with van der Waals surface area (Å²) < 4.78 is 0. The van der Waals surface area contributed by atoms with Crippen LogP contribution in [0.1, 0.15) is 13.8 Å². The normalized spacial score (nSPS) is 10.4. The third kappa shape index (κ3) is 2.03. The largest absolute Gasteiger partial charge is 0.341 e. The van der Waals surface area contributed by atoms with Crippen LogP contribution >= 0.6 is 0 Å². The van der Waals surface area contributed by atoms with Crippen LogP contribution in [0.2, 0.25) is 0 Å². The predicted molar refractivity (Wildman–Crippen MR) is 63.2 cm³/mol. The molecule has 2 heterocycles. The van der Waals surface area contributed by atoms with Gasteiger partial charge in [0.2, 0.25) is 5.95 Å². The van der Waals surface area contributed by atoms with E-state index in [1.165, 1.54) is 0 Å². The zero-order chi connectivity index (χ0) is 11.4. The van der Waals surface area contributed by atoms with Crippen LogP contribution in [0, 0.1) is 0 Å². The molecule has 0 amide bonds. The molecule has 84 valence electrons. The van der Waals surface area contributed by atoms with E-state index in [9.17, 15) is 0 Å². The molecule has 0 saturated carbocycles. The summed E-state index contributed by atoms with van der Waals surface area (Å²) in [5.74, 6) is 0.772. The molecular weight excluding hydrogens is 202 g/mol. The van der Waals surface area contributed by atoms with E-state index in [2.05, 4.69) is 38.9 Å². The number of nitrogens with one attached hydrogen (secondary N) is 1. The van der Waals surface area contributed by atoms with Crippen LogP contribution in [-0.2, 0) is 0 Å². The number of hydrogen-bond acceptors (Lipinski definition) is 4. The van der Waals surface area contributed by atoms with Crippen LogP contribution in [-0.4, -0.2) is 33.3 Å². The van der Waals surface area contributed by atoms with Crippen molar-refractivity contribution in [3.8, 4) is 11.3 Å². The molecule has 0 atom stereocenters. The highest BCUT2D eigenvalue weighted by atomic mass is 15.2. The van der Waals surface area contributed by atoms with Crippen LogP contribution in [0.5, 0.6) is 0 Å². The lowest BCUT2D eigenvalue weighted by Gasteiger charge is -2.17. The second-order valence-corrected chi connectivity index (χ2v) is 3.41. The molecule has 0 aliphatic rings. The molecule has 0 spiro atoms. The first-order valence-electron chi connectivity index (χ1n) is 5.42. The minimum Gasteiger partial charge on any atom is -0.341 e. The molecule has 0 bridgehead atoms. The molecular formula is C11H15N5. The van der Waals surface area contributed by atoms with Gasteiger partial charge in [0.15, 0.2) is 0 Å². The van der Waals surface area contributed by atoms with Gasteiger partial charge in [0, 0.05) is 37.2 Å². The van der Waals surface area contributed by atoms with E-state index in [-0.39, 0.29) is 0 Å². The van der Waals surface area contributed by atoms with Crippen molar-refractivity contribution in [1.29, 1.82) is 0 Å². The first-order valence-corrected chi connectivity index (χ1v) is 5.42. The fourth-order valence-electron chi connectivity index (χ4n) is 1.55. The highest BCUT2D eigenvalue weighted by Crippen LogP contribution is 2.15. The number of rotatable bonds is 4. The zero-order valence-corrected chi connectivity index (χ0v) is 9.51. The van der Waals surface area contributed by atoms with Crippen molar-refractivity contribution in [2.45, 2.75) is 13.8 Å². The zero-order valence-electron chi connectivity index (χ0n) is 9.51. The molecule has 2 rings (SSSR count). The van der Waals surface area contributed by atoms with Gasteiger partial charge in [0.1, 0.15) is 0 Å². The minimum absolute atomic E-state index is 0.772. The second kappa shape index (κ2) is 4.74. The predicted octanol–water partition coefficient (Wildman–Crippen LogP) is 1.71. The summed E-state index contributed by atoms with van der Waals surface area (Å²) in [6, 6.07) is 1.90. The van der Waals surface area contributed by atoms with Crippen molar-refractivity contribution in [3.63, 3.8) is 0 Å². The van der Waals surface area contributed by atoms with E-state index in [0.29, 0.717) is 0 Å². The highest BCUT2D eigenvalue weighted by Gasteiger charge is 2.05. The monoisotopic (exact) mass is 217 g/mol. The fourth-order valence-corrected chi connectivity index (χ4v) is 1.55. The van der Waals surface area contributed by atoms with Crippen LogP contribution in [0.15, 0.2) is 24.7 Å². The Labute approximate surface area is 94.5 Å². The number of hydrogen-bond donors (Lipinski definition) is 1. The Morgan fingerprint density at radius 1 is 1.19 bits per heavy atom. The molecule has 2 aromatic heterocycles. The summed E-state index contributed by atoms with van der Waals surface area (Å²) in [5.41, 5.74) is 1.89. The average molecular weight is 217 g/mol. The molecule has 5 heteroatoms. The van der Waals surface area contributed by atoms with Crippen molar-refractivity contribution in [3.05, 3.63) is 24.7 Å². The topological polar surface area (TPSA) is 57.7 Å². The van der Waals surface area contributed by atoms with Crippen molar-refractivity contribution in [2.24, 2.45) is 0 Å². The lowest BCUT2D eigenvalue weighted by molar-refractivity contribution is 0.821. The maximum atomic E-state index is 4.34. The van der Waals surface area contributed by atoms with Gasteiger partial charge < -0.3 is 4.90 Å². The number of anilines is 1. The summed E-state index contributed by atoms with van der Waals surface area (Å²) in [5, 5.41) is 6.78. The Morgan fingerprint density at radius 3 is 2.38 bits per heavy atom. The molecule has 2 aromatic rings. The van der Waals surface area contributed by atoms with E-state index >= 15 is 0 Å². The Bertz CT molecular complexity index is 416. The first-order chi connectivity index (χ1) is 7.85. The number of nitrogens with zero attached hydrogens (tertiary/aromatic N) is 4. The molecule has 16 heavy (non-hydrogen) atoms. The Kier molecular flexibility index (Phi) is 3.14. The average Bonchev–Trinajstić information content (AvgIpc) is 2.85. The number of aromatic amines is 1. The standard InChI is InChI=1S/C11H15N5/c1-3-16(4-2)11-12-7-9(8-13-11)10-5-6-14-15-10/h5-8H,3-4H2,1-2H3,(H,14,15). The lowest BCUT2D eigenvalue weighted by Crippen LogP contribution is -2.23. The van der Waals surface area contributed by atoms with Crippen molar-refractivity contribution < 1.29 is 0 Å². The van der Waals surface area contributed by atoms with Crippen molar-refractivity contribution in [1.82, 2.24) is 20.2 Å². The van der Waals surface area contributed by atoms with Gasteiger partial charge in [-0.2, -0.15) is 5.10 Å². The molecule has 1 N–H and O–H groups in total. The van der Waals surface area contributed by atoms with Crippen molar-refractivity contribution in [2.75, 3.05) is 18.0 Å². The van der Waals surface area contributed by atoms with Gasteiger partial charge in [-0.3, -0.25) is 5.10 Å². The Balaban J connectivity index is 2.22. The van der Waals surface area contributed by atoms with E-state index in [4.69, 9.17) is 0 Å². The maximum Gasteiger partial charge on any atom is 0.225 e. The van der Waals surface area contributed by atoms with Crippen LogP contribution in [0.3, 0.4) is 0 Å². The van der Waals surface area contributed by atoms with Gasteiger partial charge in [0.05, 0.1) is 5.69 Å². The van der Waals surface area contributed by atoms with E-state index in [1.54, 1.807) is 6.20 Å². The second-order valence-electron chi connectivity index (χ2n) is 3.41. The summed E-state index contributed by atoms with van der Waals surface area (Å²) in [6.45, 7) is 6.02. The third-order valence-corrected chi connectivity index (χ3v) is 2.50. The molecule has 5 nitrogen and oxygen atoms in total. The van der Waals surface area contributed by atoms with E-state index in [0.717, 1.165) is 30.3 Å². The quantitative estimate of drug-likeness (QED) is 0.847. The van der Waals surface area contributed by atoms with Crippen LogP contribution in [0.4, 0.5) is 5.95 Å². The fraction of sp³-hybridized carbons (Fsp3) is 0.364. The summed E-state index contributed by atoms with van der Waals surface area (Å²) in [7, 11) is 0. The van der Waals surface area contributed by atoms with E-state index < -0.39 is 0 Å². The highest BCUT2D eigenvalue weighted by molar-refractivity contribution is 5.56. The van der Waals surface area contributed by atoms with Gasteiger partial charge in [-0.05, 0) is 19.9 Å². The van der Waals surface area contributed by atoms with Crippen LogP contribution < -0.4 is 4.90 Å². The number of aromatic nitrogens is 4. The molecule has 0 saturated heterocycles. The molecule has 0 aliphatic carbocycles. The van der Waals surface area contributed by atoms with Crippen LogP contribution in [0.25, 0.3) is 11.3 Å². The number of H-pyrrole nitrogens is 1. The summed E-state index contributed by atoms with van der Waals surface area (Å²) in [4.78, 5) is 10.8. The van der Waals surface area contributed by atoms with E-state index in [1.807, 2.05) is 18.5 Å². The molecule has 0 aromatic carbocycles. The summed E-state index contributed by atoms with van der Waals surface area (Å²) >= 11 is 0. The third-order valence-electron chi connectivity index (χ3n) is 2.50. The smallest absolute Gasteiger partial charge is 0.225 e. The molecule has 0 unspecified atom stereocenters. The molecule has 0 fully saturated rings. The molecule has 0 radical (unpaired) electrons. The minimum atomic E-state index is 0.772. The lowest BCUT2D eigenvalue weighted by atomic mass is 10.2. The Hall–Kier alpha value is -1.91. The summed E-state index contributed by atoms with van der Waals surface area (Å²) in [6.07, 6.45) is 5.34. The van der Waals surface area contributed by atoms with Gasteiger partial charge in [-0.25, -0.2) is 9.97 Å². The van der Waals surface area contributed by atoms with Gasteiger partial charge in [0.25, 0.3) is 0 Å². The van der Waals surface area contributed by atoms with Gasteiger partial charge >= 0.3 is 0 Å². The first kappa shape index (κ1) is 10.6. The van der Waals surface area contributed by atoms with Crippen molar-refractivity contribution >= 4 is 5.95 Å². The SMILES string of the molecule is CCN(CC)c1ncc(-c2ccn[nH]2)cn1.